The lowest BCUT2D eigenvalue weighted by Gasteiger charge is -2.10. The van der Waals surface area contributed by atoms with Gasteiger partial charge in [-0.3, -0.25) is 0 Å². The lowest BCUT2D eigenvalue weighted by atomic mass is 10.1. The smallest absolute Gasteiger partial charge is 0.287 e. The summed E-state index contributed by atoms with van der Waals surface area (Å²) in [4.78, 5) is 0.456. The van der Waals surface area contributed by atoms with E-state index >= 15 is 0 Å². The molecule has 0 aliphatic heterocycles. The third kappa shape index (κ3) is 4.48. The Morgan fingerprint density at radius 2 is 1.54 bits per heavy atom. The summed E-state index contributed by atoms with van der Waals surface area (Å²) in [6.07, 6.45) is 3.69. The number of nitrogens with one attached hydrogen (secondary N) is 1. The first-order valence-corrected chi connectivity index (χ1v) is 8.92. The van der Waals surface area contributed by atoms with Gasteiger partial charge in [-0.1, -0.05) is 60.2 Å². The largest absolute Gasteiger partial charge is 0.502 e. The number of halogens is 1. The highest BCUT2D eigenvalue weighted by Gasteiger charge is 2.23. The summed E-state index contributed by atoms with van der Waals surface area (Å²) < 4.78 is 1.80. The Morgan fingerprint density at radius 3 is 2.19 bits per heavy atom. The normalized spacial score (nSPS) is 11.6. The molecule has 26 heavy (non-hydrogen) atoms. The van der Waals surface area contributed by atoms with Crippen molar-refractivity contribution in [3.8, 4) is 0 Å². The van der Waals surface area contributed by atoms with Crippen LogP contribution < -0.4 is 9.88 Å². The van der Waals surface area contributed by atoms with Crippen LogP contribution in [0.2, 0.25) is 5.02 Å². The summed E-state index contributed by atoms with van der Waals surface area (Å²) in [7, 11) is 0. The molecule has 0 atom stereocenters. The molecule has 2 N–H and O–H groups in total. The third-order valence-electron chi connectivity index (χ3n) is 3.83. The van der Waals surface area contributed by atoms with Gasteiger partial charge in [-0.2, -0.15) is 4.57 Å². The van der Waals surface area contributed by atoms with Crippen molar-refractivity contribution in [1.29, 1.82) is 0 Å². The number of benzene rings is 2. The van der Waals surface area contributed by atoms with Crippen molar-refractivity contribution in [2.45, 2.75) is 6.54 Å². The Labute approximate surface area is 163 Å². The number of rotatable bonds is 5. The van der Waals surface area contributed by atoms with Crippen LogP contribution in [0, 0.1) is 0 Å². The minimum Gasteiger partial charge on any atom is -0.502 e. The van der Waals surface area contributed by atoms with Crippen LogP contribution in [-0.4, -0.2) is 10.1 Å². The maximum Gasteiger partial charge on any atom is 0.287 e. The van der Waals surface area contributed by atoms with Crippen LogP contribution in [0.3, 0.4) is 0 Å². The SMILES string of the molecule is O/C(=C(/C(=S)NCc1ccccc1)[n+]1ccccc1)c1ccc(Cl)cc1. The number of hydrogen-bond acceptors (Lipinski definition) is 2. The highest BCUT2D eigenvalue weighted by Crippen LogP contribution is 2.19. The van der Waals surface area contributed by atoms with E-state index in [2.05, 4.69) is 5.32 Å². The van der Waals surface area contributed by atoms with Gasteiger partial charge in [0.1, 0.15) is 0 Å². The summed E-state index contributed by atoms with van der Waals surface area (Å²) in [5, 5.41) is 14.7. The highest BCUT2D eigenvalue weighted by atomic mass is 35.5. The first-order valence-electron chi connectivity index (χ1n) is 8.13. The van der Waals surface area contributed by atoms with Crippen molar-refractivity contribution >= 4 is 40.3 Å². The summed E-state index contributed by atoms with van der Waals surface area (Å²) >= 11 is 11.5. The second-order valence-corrected chi connectivity index (χ2v) is 6.50. The zero-order valence-corrected chi connectivity index (χ0v) is 15.5. The van der Waals surface area contributed by atoms with E-state index in [1.54, 1.807) is 28.8 Å². The molecule has 1 heterocycles. The zero-order valence-electron chi connectivity index (χ0n) is 14.0. The average molecular weight is 382 g/mol. The first kappa shape index (κ1) is 18.1. The molecule has 0 unspecified atom stereocenters. The molecule has 0 amide bonds. The van der Waals surface area contributed by atoms with E-state index in [4.69, 9.17) is 23.8 Å². The van der Waals surface area contributed by atoms with E-state index in [9.17, 15) is 5.11 Å². The van der Waals surface area contributed by atoms with E-state index in [0.717, 1.165) is 5.56 Å². The molecule has 2 aromatic carbocycles. The van der Waals surface area contributed by atoms with E-state index in [1.807, 2.05) is 60.9 Å². The fourth-order valence-electron chi connectivity index (χ4n) is 2.50. The second-order valence-electron chi connectivity index (χ2n) is 5.66. The Hall–Kier alpha value is -2.69. The Bertz CT molecular complexity index is 910. The molecule has 130 valence electrons. The van der Waals surface area contributed by atoms with Crippen molar-refractivity contribution in [3.63, 3.8) is 0 Å². The fourth-order valence-corrected chi connectivity index (χ4v) is 2.90. The van der Waals surface area contributed by atoms with E-state index < -0.39 is 0 Å². The van der Waals surface area contributed by atoms with Crippen LogP contribution in [0.15, 0.2) is 85.2 Å². The van der Waals surface area contributed by atoms with Gasteiger partial charge in [-0.15, -0.1) is 0 Å². The predicted octanol–water partition coefficient (Wildman–Crippen LogP) is 4.63. The molecule has 3 aromatic rings. The molecule has 3 nitrogen and oxygen atoms in total. The second kappa shape index (κ2) is 8.61. The standard InChI is InChI=1S/C21H17ClN2OS/c22-18-11-9-17(10-12-18)20(25)19(24-13-5-2-6-14-24)21(26)23-15-16-7-3-1-4-8-16/h1-14H,15H2,(H-,23,25,26)/p+1. The Morgan fingerprint density at radius 1 is 0.923 bits per heavy atom. The maximum atomic E-state index is 10.9. The highest BCUT2D eigenvalue weighted by molar-refractivity contribution is 7.81. The molecular formula is C21H18ClN2OS+. The fraction of sp³-hybridized carbons (Fsp3) is 0.0476. The number of thiocarbonyl (C=S) groups is 1. The molecule has 0 saturated carbocycles. The Balaban J connectivity index is 1.94. The number of pyridine rings is 1. The zero-order chi connectivity index (χ0) is 18.4. The first-order chi connectivity index (χ1) is 12.6. The number of nitrogens with zero attached hydrogens (tertiary/aromatic N) is 1. The van der Waals surface area contributed by atoms with Gasteiger partial charge in [-0.05, 0) is 29.8 Å². The molecule has 0 radical (unpaired) electrons. The topological polar surface area (TPSA) is 36.1 Å². The number of aliphatic hydroxyl groups excluding tert-OH is 1. The van der Waals surface area contributed by atoms with Gasteiger partial charge in [0.2, 0.25) is 0 Å². The van der Waals surface area contributed by atoms with Crippen LogP contribution in [0.5, 0.6) is 0 Å². The number of aromatic nitrogens is 1. The van der Waals surface area contributed by atoms with Crippen molar-refractivity contribution < 1.29 is 9.67 Å². The minimum atomic E-state index is 0.0865. The van der Waals surface area contributed by atoms with Crippen LogP contribution >= 0.6 is 23.8 Å². The monoisotopic (exact) mass is 381 g/mol. The molecule has 0 fully saturated rings. The number of hydrogen-bond donors (Lipinski definition) is 2. The molecule has 3 rings (SSSR count). The van der Waals surface area contributed by atoms with Gasteiger partial charge in [0.15, 0.2) is 23.1 Å². The van der Waals surface area contributed by atoms with Crippen molar-refractivity contribution in [2.75, 3.05) is 0 Å². The van der Waals surface area contributed by atoms with Crippen LogP contribution in [0.4, 0.5) is 0 Å². The maximum absolute atomic E-state index is 10.9. The van der Waals surface area contributed by atoms with Gasteiger partial charge in [-0.25, -0.2) is 0 Å². The van der Waals surface area contributed by atoms with Crippen molar-refractivity contribution in [1.82, 2.24) is 5.32 Å². The molecular weight excluding hydrogens is 364 g/mol. The third-order valence-corrected chi connectivity index (χ3v) is 4.42. The summed E-state index contributed by atoms with van der Waals surface area (Å²) in [6.45, 7) is 0.574. The van der Waals surface area contributed by atoms with Gasteiger partial charge in [0.05, 0.1) is 0 Å². The molecule has 5 heteroatoms. The minimum absolute atomic E-state index is 0.0865. The van der Waals surface area contributed by atoms with Gasteiger partial charge < -0.3 is 10.4 Å². The lowest BCUT2D eigenvalue weighted by Crippen LogP contribution is -2.40. The van der Waals surface area contributed by atoms with Gasteiger partial charge in [0, 0.05) is 29.3 Å². The Kier molecular flexibility index (Phi) is 6.00. The van der Waals surface area contributed by atoms with Crippen molar-refractivity contribution in [2.24, 2.45) is 0 Å². The summed E-state index contributed by atoms with van der Waals surface area (Å²) in [5.74, 6) is 0.0865. The average Bonchev–Trinajstić information content (AvgIpc) is 2.69. The molecule has 0 aliphatic rings. The van der Waals surface area contributed by atoms with Crippen molar-refractivity contribution in [3.05, 3.63) is 101 Å². The van der Waals surface area contributed by atoms with E-state index in [1.165, 1.54) is 0 Å². The lowest BCUT2D eigenvalue weighted by molar-refractivity contribution is -0.576. The number of aliphatic hydroxyl groups is 1. The van der Waals surface area contributed by atoms with Gasteiger partial charge >= 0.3 is 0 Å². The molecule has 0 saturated heterocycles. The van der Waals surface area contributed by atoms with E-state index in [0.29, 0.717) is 27.8 Å². The van der Waals surface area contributed by atoms with Crippen LogP contribution in [0.1, 0.15) is 11.1 Å². The molecule has 0 aliphatic carbocycles. The quantitative estimate of drug-likeness (QED) is 0.293. The van der Waals surface area contributed by atoms with Gasteiger partial charge in [0.25, 0.3) is 5.70 Å². The van der Waals surface area contributed by atoms with Crippen LogP contribution in [-0.2, 0) is 6.54 Å². The predicted molar refractivity (Wildman–Crippen MR) is 110 cm³/mol. The summed E-state index contributed by atoms with van der Waals surface area (Å²) in [6, 6.07) is 22.7. The van der Waals surface area contributed by atoms with E-state index in [-0.39, 0.29) is 5.76 Å². The van der Waals surface area contributed by atoms with Crippen LogP contribution in [0.25, 0.3) is 11.5 Å². The molecule has 0 spiro atoms. The molecule has 0 bridgehead atoms. The molecule has 1 aromatic heterocycles. The summed E-state index contributed by atoms with van der Waals surface area (Å²) in [5.41, 5.74) is 2.27.